The van der Waals surface area contributed by atoms with Crippen molar-refractivity contribution in [3.8, 4) is 5.75 Å². The molecule has 4 rings (SSSR count). The van der Waals surface area contributed by atoms with Crippen molar-refractivity contribution in [2.24, 2.45) is 0 Å². The molecule has 3 heterocycles. The van der Waals surface area contributed by atoms with Crippen LogP contribution in [0.3, 0.4) is 0 Å². The van der Waals surface area contributed by atoms with Gasteiger partial charge in [-0.05, 0) is 75.4 Å². The molecule has 0 radical (unpaired) electrons. The van der Waals surface area contributed by atoms with E-state index in [0.717, 1.165) is 69.7 Å². The van der Waals surface area contributed by atoms with E-state index in [9.17, 15) is 4.79 Å². The topological polar surface area (TPSA) is 32.8 Å². The van der Waals surface area contributed by atoms with E-state index in [2.05, 4.69) is 24.0 Å². The fraction of sp³-hybridized carbons (Fsp3) is 0.522. The minimum Gasteiger partial charge on any atom is -0.490 e. The van der Waals surface area contributed by atoms with Crippen LogP contribution < -0.4 is 4.74 Å². The molecular formula is C23H30N2O2S. The molecule has 2 aliphatic rings. The number of carbonyl (C=O) groups excluding carboxylic acids is 1. The van der Waals surface area contributed by atoms with Crippen LogP contribution in [0.2, 0.25) is 0 Å². The first-order valence-corrected chi connectivity index (χ1v) is 11.3. The second-order valence-corrected chi connectivity index (χ2v) is 9.36. The summed E-state index contributed by atoms with van der Waals surface area (Å²) in [6, 6.07) is 12.2. The fourth-order valence-electron chi connectivity index (χ4n) is 4.12. The molecule has 1 amide bonds. The number of amides is 1. The van der Waals surface area contributed by atoms with E-state index in [1.165, 1.54) is 16.2 Å². The third-order valence-corrected chi connectivity index (χ3v) is 6.74. The maximum Gasteiger partial charge on any atom is 0.253 e. The predicted molar refractivity (Wildman–Crippen MR) is 114 cm³/mol. The molecule has 2 aromatic rings. The smallest absolute Gasteiger partial charge is 0.253 e. The van der Waals surface area contributed by atoms with Gasteiger partial charge in [-0.3, -0.25) is 9.69 Å². The Morgan fingerprint density at radius 2 is 1.71 bits per heavy atom. The highest BCUT2D eigenvalue weighted by atomic mass is 32.1. The highest BCUT2D eigenvalue weighted by Crippen LogP contribution is 2.23. The average molecular weight is 399 g/mol. The van der Waals surface area contributed by atoms with Gasteiger partial charge in [-0.2, -0.15) is 0 Å². The lowest BCUT2D eigenvalue weighted by molar-refractivity contribution is 0.0724. The van der Waals surface area contributed by atoms with Crippen LogP contribution >= 0.6 is 11.3 Å². The molecule has 0 unspecified atom stereocenters. The van der Waals surface area contributed by atoms with Gasteiger partial charge in [-0.25, -0.2) is 0 Å². The maximum atomic E-state index is 12.6. The van der Waals surface area contributed by atoms with Gasteiger partial charge in [-0.15, -0.1) is 11.3 Å². The number of thiophene rings is 1. The number of likely N-dealkylation sites (tertiary alicyclic amines) is 2. The monoisotopic (exact) mass is 398 g/mol. The zero-order valence-electron chi connectivity index (χ0n) is 16.7. The first-order valence-electron chi connectivity index (χ1n) is 10.5. The van der Waals surface area contributed by atoms with Crippen molar-refractivity contribution in [2.75, 3.05) is 26.2 Å². The molecule has 4 nitrogen and oxygen atoms in total. The lowest BCUT2D eigenvalue weighted by Crippen LogP contribution is -2.37. The Bertz CT molecular complexity index is 772. The summed E-state index contributed by atoms with van der Waals surface area (Å²) in [7, 11) is 0. The number of piperidine rings is 2. The second kappa shape index (κ2) is 9.10. The number of carbonyl (C=O) groups is 1. The third-order valence-electron chi connectivity index (χ3n) is 5.76. The van der Waals surface area contributed by atoms with Crippen LogP contribution in [0.5, 0.6) is 5.75 Å². The molecule has 2 saturated heterocycles. The second-order valence-electron chi connectivity index (χ2n) is 7.98. The summed E-state index contributed by atoms with van der Waals surface area (Å²) in [6.07, 6.45) is 5.86. The van der Waals surface area contributed by atoms with E-state index in [4.69, 9.17) is 4.74 Å². The van der Waals surface area contributed by atoms with Gasteiger partial charge in [0, 0.05) is 48.0 Å². The Labute approximate surface area is 172 Å². The van der Waals surface area contributed by atoms with Gasteiger partial charge in [0.15, 0.2) is 0 Å². The van der Waals surface area contributed by atoms with Crippen molar-refractivity contribution < 1.29 is 9.53 Å². The summed E-state index contributed by atoms with van der Waals surface area (Å²) < 4.78 is 6.19. The normalized spacial score (nSPS) is 19.0. The first-order chi connectivity index (χ1) is 13.7. The van der Waals surface area contributed by atoms with Crippen LogP contribution in [-0.4, -0.2) is 48.0 Å². The van der Waals surface area contributed by atoms with Crippen LogP contribution in [0.25, 0.3) is 0 Å². The standard InChI is InChI=1S/C23H30N2O2S/c1-18-5-10-22(28-18)17-24-15-11-21(12-16-24)27-20-8-6-19(7-9-20)23(26)25-13-3-2-4-14-25/h5-10,21H,2-4,11-17H2,1H3. The van der Waals surface area contributed by atoms with Gasteiger partial charge in [0.2, 0.25) is 0 Å². The summed E-state index contributed by atoms with van der Waals surface area (Å²) in [4.78, 5) is 19.9. The van der Waals surface area contributed by atoms with Gasteiger partial charge in [0.1, 0.15) is 11.9 Å². The van der Waals surface area contributed by atoms with Crippen LogP contribution in [0.4, 0.5) is 0 Å². The van der Waals surface area contributed by atoms with Crippen LogP contribution in [0, 0.1) is 6.92 Å². The first kappa shape index (κ1) is 19.5. The Kier molecular flexibility index (Phi) is 6.33. The summed E-state index contributed by atoms with van der Waals surface area (Å²) in [5.41, 5.74) is 0.773. The molecule has 5 heteroatoms. The molecule has 0 N–H and O–H groups in total. The molecule has 0 atom stereocenters. The molecule has 1 aromatic heterocycles. The number of hydrogen-bond donors (Lipinski definition) is 0. The molecule has 0 spiro atoms. The van der Waals surface area contributed by atoms with Gasteiger partial charge in [0.25, 0.3) is 5.91 Å². The number of rotatable bonds is 5. The van der Waals surface area contributed by atoms with Gasteiger partial charge in [0.05, 0.1) is 0 Å². The van der Waals surface area contributed by atoms with Crippen LogP contribution in [-0.2, 0) is 6.54 Å². The highest BCUT2D eigenvalue weighted by molar-refractivity contribution is 7.11. The Balaban J connectivity index is 1.25. The van der Waals surface area contributed by atoms with Crippen molar-refractivity contribution in [3.63, 3.8) is 0 Å². The Hall–Kier alpha value is -1.85. The largest absolute Gasteiger partial charge is 0.490 e. The molecular weight excluding hydrogens is 368 g/mol. The number of hydrogen-bond acceptors (Lipinski definition) is 4. The van der Waals surface area contributed by atoms with E-state index >= 15 is 0 Å². The zero-order chi connectivity index (χ0) is 19.3. The van der Waals surface area contributed by atoms with Crippen molar-refractivity contribution in [1.82, 2.24) is 9.80 Å². The zero-order valence-corrected chi connectivity index (χ0v) is 17.5. The van der Waals surface area contributed by atoms with E-state index in [1.807, 2.05) is 40.5 Å². The van der Waals surface area contributed by atoms with E-state index < -0.39 is 0 Å². The van der Waals surface area contributed by atoms with Crippen LogP contribution in [0.1, 0.15) is 52.2 Å². The molecule has 2 fully saturated rings. The van der Waals surface area contributed by atoms with Crippen molar-refractivity contribution in [3.05, 3.63) is 51.7 Å². The molecule has 0 saturated carbocycles. The van der Waals surface area contributed by atoms with E-state index in [1.54, 1.807) is 0 Å². The molecule has 0 aliphatic carbocycles. The van der Waals surface area contributed by atoms with Gasteiger partial charge in [-0.1, -0.05) is 0 Å². The lowest BCUT2D eigenvalue weighted by Gasteiger charge is -2.32. The number of benzene rings is 1. The average Bonchev–Trinajstić information content (AvgIpc) is 3.15. The Morgan fingerprint density at radius 1 is 1.00 bits per heavy atom. The molecule has 1 aromatic carbocycles. The minimum absolute atomic E-state index is 0.156. The third kappa shape index (κ3) is 4.95. The quantitative estimate of drug-likeness (QED) is 0.730. The minimum atomic E-state index is 0.156. The SMILES string of the molecule is Cc1ccc(CN2CCC(Oc3ccc(C(=O)N4CCCCC4)cc3)CC2)s1. The number of aryl methyl sites for hydroxylation is 1. The fourth-order valence-corrected chi connectivity index (χ4v) is 5.06. The summed E-state index contributed by atoms with van der Waals surface area (Å²) >= 11 is 1.89. The van der Waals surface area contributed by atoms with Crippen molar-refractivity contribution in [2.45, 2.75) is 51.7 Å². The Morgan fingerprint density at radius 3 is 2.36 bits per heavy atom. The van der Waals surface area contributed by atoms with E-state index in [-0.39, 0.29) is 12.0 Å². The van der Waals surface area contributed by atoms with Gasteiger partial charge < -0.3 is 9.64 Å². The summed E-state index contributed by atoms with van der Waals surface area (Å²) in [5.74, 6) is 1.03. The van der Waals surface area contributed by atoms with Crippen molar-refractivity contribution >= 4 is 17.2 Å². The predicted octanol–water partition coefficient (Wildman–Crippen LogP) is 4.73. The summed E-state index contributed by atoms with van der Waals surface area (Å²) in [5, 5.41) is 0. The number of ether oxygens (including phenoxy) is 1. The van der Waals surface area contributed by atoms with E-state index in [0.29, 0.717) is 0 Å². The molecule has 2 aliphatic heterocycles. The number of nitrogens with zero attached hydrogens (tertiary/aromatic N) is 2. The molecule has 150 valence electrons. The molecule has 28 heavy (non-hydrogen) atoms. The highest BCUT2D eigenvalue weighted by Gasteiger charge is 2.22. The van der Waals surface area contributed by atoms with Crippen LogP contribution in [0.15, 0.2) is 36.4 Å². The molecule has 0 bridgehead atoms. The lowest BCUT2D eigenvalue weighted by atomic mass is 10.1. The van der Waals surface area contributed by atoms with Crippen molar-refractivity contribution in [1.29, 1.82) is 0 Å². The summed E-state index contributed by atoms with van der Waals surface area (Å²) in [6.45, 7) is 7.15. The van der Waals surface area contributed by atoms with Gasteiger partial charge >= 0.3 is 0 Å². The maximum absolute atomic E-state index is 12.6.